The minimum Gasteiger partial charge on any atom is -0.327 e. The van der Waals surface area contributed by atoms with Gasteiger partial charge in [0, 0.05) is 22.0 Å². The van der Waals surface area contributed by atoms with Crippen LogP contribution in [0.2, 0.25) is 10.0 Å². The predicted molar refractivity (Wildman–Crippen MR) is 141 cm³/mol. The third kappa shape index (κ3) is 6.01. The molecule has 3 aromatic rings. The zero-order chi connectivity index (χ0) is 25.2. The number of hydrogen-bond acceptors (Lipinski definition) is 3. The predicted octanol–water partition coefficient (Wildman–Crippen LogP) is 6.73. The van der Waals surface area contributed by atoms with E-state index in [4.69, 9.17) is 28.3 Å². The van der Waals surface area contributed by atoms with E-state index >= 15 is 0 Å². The van der Waals surface area contributed by atoms with Crippen LogP contribution in [0, 0.1) is 0 Å². The van der Waals surface area contributed by atoms with Crippen molar-refractivity contribution in [2.75, 3.05) is 11.9 Å². The molecule has 180 valence electrons. The Morgan fingerprint density at radius 2 is 1.76 bits per heavy atom. The summed E-state index contributed by atoms with van der Waals surface area (Å²) in [4.78, 5) is 27.8. The van der Waals surface area contributed by atoms with Crippen molar-refractivity contribution in [3.05, 3.63) is 74.3 Å². The quantitative estimate of drug-likeness (QED) is 0.360. The van der Waals surface area contributed by atoms with Gasteiger partial charge < -0.3 is 10.2 Å². The molecule has 0 unspecified atom stereocenters. The van der Waals surface area contributed by atoms with Crippen LogP contribution in [0.1, 0.15) is 50.7 Å². The van der Waals surface area contributed by atoms with Crippen LogP contribution in [0.15, 0.2) is 53.0 Å². The van der Waals surface area contributed by atoms with Crippen molar-refractivity contribution in [3.63, 3.8) is 0 Å². The molecule has 2 amide bonds. The lowest BCUT2D eigenvalue weighted by Gasteiger charge is -2.26. The Labute approximate surface area is 218 Å². The van der Waals surface area contributed by atoms with Crippen LogP contribution in [0.5, 0.6) is 0 Å². The van der Waals surface area contributed by atoms with E-state index in [9.17, 15) is 9.59 Å². The van der Waals surface area contributed by atoms with Gasteiger partial charge in [0.25, 0.3) is 5.91 Å². The second-order valence-electron chi connectivity index (χ2n) is 9.23. The summed E-state index contributed by atoms with van der Waals surface area (Å²) in [6.07, 6.45) is 0. The van der Waals surface area contributed by atoms with Crippen molar-refractivity contribution in [2.24, 2.45) is 0 Å². The fourth-order valence-electron chi connectivity index (χ4n) is 3.27. The van der Waals surface area contributed by atoms with Gasteiger partial charge in [-0.1, -0.05) is 56.1 Å². The summed E-state index contributed by atoms with van der Waals surface area (Å²) in [6.45, 7) is 9.75. The molecule has 6 nitrogen and oxygen atoms in total. The summed E-state index contributed by atoms with van der Waals surface area (Å²) in [7, 11) is 0. The molecule has 1 aromatic heterocycles. The van der Waals surface area contributed by atoms with Crippen LogP contribution in [0.25, 0.3) is 5.69 Å². The topological polar surface area (TPSA) is 67.2 Å². The maximum atomic E-state index is 13.2. The third-order valence-electron chi connectivity index (χ3n) is 5.20. The number of nitrogens with zero attached hydrogens (tertiary/aromatic N) is 3. The molecule has 34 heavy (non-hydrogen) atoms. The zero-order valence-electron chi connectivity index (χ0n) is 19.7. The highest BCUT2D eigenvalue weighted by atomic mass is 79.9. The monoisotopic (exact) mass is 564 g/mol. The highest BCUT2D eigenvalue weighted by molar-refractivity contribution is 9.10. The molecule has 0 aliphatic carbocycles. The Bertz CT molecular complexity index is 1220. The van der Waals surface area contributed by atoms with E-state index in [0.717, 1.165) is 5.69 Å². The van der Waals surface area contributed by atoms with E-state index < -0.39 is 0 Å². The van der Waals surface area contributed by atoms with Crippen molar-refractivity contribution in [1.29, 1.82) is 0 Å². The van der Waals surface area contributed by atoms with Crippen molar-refractivity contribution in [2.45, 2.75) is 46.1 Å². The molecular weight excluding hydrogens is 539 g/mol. The van der Waals surface area contributed by atoms with Crippen LogP contribution in [-0.4, -0.2) is 39.1 Å². The number of nitrogens with one attached hydrogen (secondary N) is 1. The largest absolute Gasteiger partial charge is 0.327 e. The Balaban J connectivity index is 1.90. The second-order valence-corrected chi connectivity index (χ2v) is 10.9. The molecule has 0 aliphatic heterocycles. The molecular formula is C25H27BrCl2N4O2. The molecule has 0 spiro atoms. The maximum Gasteiger partial charge on any atom is 0.255 e. The second kappa shape index (κ2) is 10.5. The summed E-state index contributed by atoms with van der Waals surface area (Å²) in [5.41, 5.74) is 1.70. The first-order valence-electron chi connectivity index (χ1n) is 10.8. The van der Waals surface area contributed by atoms with Crippen LogP contribution < -0.4 is 5.32 Å². The van der Waals surface area contributed by atoms with Crippen LogP contribution >= 0.6 is 39.1 Å². The number of halogens is 3. The Morgan fingerprint density at radius 3 is 2.35 bits per heavy atom. The number of carbonyl (C=O) groups is 2. The summed E-state index contributed by atoms with van der Waals surface area (Å²) in [6, 6.07) is 14.0. The Morgan fingerprint density at radius 1 is 1.09 bits per heavy atom. The van der Waals surface area contributed by atoms with Gasteiger partial charge in [0.05, 0.1) is 27.0 Å². The number of aromatic nitrogens is 2. The van der Waals surface area contributed by atoms with Gasteiger partial charge in [0.2, 0.25) is 5.91 Å². The smallest absolute Gasteiger partial charge is 0.255 e. The van der Waals surface area contributed by atoms with Gasteiger partial charge >= 0.3 is 0 Å². The van der Waals surface area contributed by atoms with Gasteiger partial charge in [-0.05, 0) is 60.1 Å². The van der Waals surface area contributed by atoms with Crippen molar-refractivity contribution >= 4 is 56.8 Å². The minimum absolute atomic E-state index is 0.116. The van der Waals surface area contributed by atoms with E-state index in [1.165, 1.54) is 4.90 Å². The number of hydrogen-bond donors (Lipinski definition) is 1. The molecule has 1 heterocycles. The summed E-state index contributed by atoms with van der Waals surface area (Å²) >= 11 is 15.7. The molecule has 0 saturated heterocycles. The lowest BCUT2D eigenvalue weighted by atomic mass is 9.92. The summed E-state index contributed by atoms with van der Waals surface area (Å²) in [5, 5.41) is 8.43. The van der Waals surface area contributed by atoms with Crippen LogP contribution in [-0.2, 0) is 10.2 Å². The average Bonchev–Trinajstić information content (AvgIpc) is 3.18. The number of anilines is 1. The first-order valence-corrected chi connectivity index (χ1v) is 12.3. The molecule has 0 atom stereocenters. The van der Waals surface area contributed by atoms with E-state index in [1.807, 2.05) is 46.8 Å². The molecule has 0 saturated carbocycles. The first-order chi connectivity index (χ1) is 15.9. The van der Waals surface area contributed by atoms with E-state index in [0.29, 0.717) is 31.6 Å². The Kier molecular flexibility index (Phi) is 8.11. The van der Waals surface area contributed by atoms with Gasteiger partial charge in [-0.2, -0.15) is 5.10 Å². The average molecular weight is 566 g/mol. The fourth-order valence-corrected chi connectivity index (χ4v) is 4.01. The molecule has 0 bridgehead atoms. The van der Waals surface area contributed by atoms with Crippen molar-refractivity contribution < 1.29 is 9.59 Å². The minimum atomic E-state index is -0.337. The summed E-state index contributed by atoms with van der Waals surface area (Å²) < 4.78 is 2.30. The van der Waals surface area contributed by atoms with Gasteiger partial charge in [-0.3, -0.25) is 9.59 Å². The molecule has 0 radical (unpaired) electrons. The van der Waals surface area contributed by atoms with Crippen molar-refractivity contribution in [1.82, 2.24) is 14.7 Å². The zero-order valence-corrected chi connectivity index (χ0v) is 22.8. The van der Waals surface area contributed by atoms with E-state index in [1.54, 1.807) is 41.1 Å². The van der Waals surface area contributed by atoms with Gasteiger partial charge in [0.1, 0.15) is 12.4 Å². The van der Waals surface area contributed by atoms with Gasteiger partial charge in [-0.15, -0.1) is 0 Å². The van der Waals surface area contributed by atoms with E-state index in [2.05, 4.69) is 21.2 Å². The van der Waals surface area contributed by atoms with Crippen LogP contribution in [0.3, 0.4) is 0 Å². The number of amides is 2. The first kappa shape index (κ1) is 26.3. The third-order valence-corrected chi connectivity index (χ3v) is 6.63. The molecule has 3 rings (SSSR count). The number of rotatable bonds is 6. The van der Waals surface area contributed by atoms with Gasteiger partial charge in [-0.25, -0.2) is 4.68 Å². The highest BCUT2D eigenvalue weighted by Crippen LogP contribution is 2.29. The van der Waals surface area contributed by atoms with Crippen LogP contribution in [0.4, 0.5) is 5.82 Å². The Hall–Kier alpha value is -2.35. The SMILES string of the molecule is CC(C)N(CC(=O)Nc1cc(C(C)(C)C)nn1-c1ccc(Cl)c(Cl)c1)C(=O)c1ccccc1Br. The fraction of sp³-hybridized carbons (Fsp3) is 0.320. The molecule has 0 aliphatic rings. The highest BCUT2D eigenvalue weighted by Gasteiger charge is 2.25. The molecule has 9 heteroatoms. The standard InChI is InChI=1S/C25H27BrCl2N4O2/c1-15(2)31(24(34)17-8-6-7-9-18(17)26)14-23(33)29-22-13-21(25(3,4)5)30-32(22)16-10-11-19(27)20(28)12-16/h6-13,15H,14H2,1-5H3,(H,29,33). The molecule has 2 aromatic carbocycles. The summed E-state index contributed by atoms with van der Waals surface area (Å²) in [5.74, 6) is -0.0906. The number of carbonyl (C=O) groups excluding carboxylic acids is 2. The maximum absolute atomic E-state index is 13.2. The molecule has 0 fully saturated rings. The lowest BCUT2D eigenvalue weighted by molar-refractivity contribution is -0.117. The van der Waals surface area contributed by atoms with E-state index in [-0.39, 0.29) is 29.8 Å². The van der Waals surface area contributed by atoms with Crippen molar-refractivity contribution in [3.8, 4) is 5.69 Å². The number of benzene rings is 2. The van der Waals surface area contributed by atoms with Gasteiger partial charge in [0.15, 0.2) is 0 Å². The lowest BCUT2D eigenvalue weighted by Crippen LogP contribution is -2.42. The normalized spacial score (nSPS) is 11.6. The molecule has 1 N–H and O–H groups in total.